The van der Waals surface area contributed by atoms with Crippen LogP contribution in [0.3, 0.4) is 0 Å². The predicted octanol–water partition coefficient (Wildman–Crippen LogP) is 0.268. The molecule has 0 saturated carbocycles. The molecule has 1 unspecified atom stereocenters. The number of ether oxygens (including phenoxy) is 1. The first-order valence-electron chi connectivity index (χ1n) is 8.62. The van der Waals surface area contributed by atoms with Crippen molar-refractivity contribution in [3.8, 4) is 5.75 Å². The molecule has 4 N–H and O–H groups in total. The number of para-hydroxylation sites is 1. The Hall–Kier alpha value is -2.12. The van der Waals surface area contributed by atoms with Gasteiger partial charge in [-0.2, -0.15) is 0 Å². The van der Waals surface area contributed by atoms with Gasteiger partial charge in [-0.3, -0.25) is 9.59 Å². The Morgan fingerprint density at radius 3 is 2.80 bits per heavy atom. The lowest BCUT2D eigenvalue weighted by atomic mass is 10.0. The fourth-order valence-electron chi connectivity index (χ4n) is 2.91. The van der Waals surface area contributed by atoms with E-state index >= 15 is 0 Å². The highest BCUT2D eigenvalue weighted by Crippen LogP contribution is 2.30. The van der Waals surface area contributed by atoms with E-state index in [4.69, 9.17) is 10.5 Å². The highest BCUT2D eigenvalue weighted by atomic mass is 16.5. The van der Waals surface area contributed by atoms with Crippen LogP contribution in [0.2, 0.25) is 0 Å². The second kappa shape index (κ2) is 8.82. The normalized spacial score (nSPS) is 18.8. The van der Waals surface area contributed by atoms with Crippen LogP contribution in [0.4, 0.5) is 0 Å². The van der Waals surface area contributed by atoms with E-state index in [9.17, 15) is 9.59 Å². The SMILES string of the molecule is COc1ccccc1C1CNCCN1C(=O)CNC(=O)[C@@H](N)C(C)C. The quantitative estimate of drug-likeness (QED) is 0.686. The Morgan fingerprint density at radius 1 is 1.40 bits per heavy atom. The molecule has 0 aromatic heterocycles. The van der Waals surface area contributed by atoms with Crippen LogP contribution in [0.5, 0.6) is 5.75 Å². The second-order valence-corrected chi connectivity index (χ2v) is 6.54. The van der Waals surface area contributed by atoms with Gasteiger partial charge in [0.1, 0.15) is 5.75 Å². The fraction of sp³-hybridized carbons (Fsp3) is 0.556. The summed E-state index contributed by atoms with van der Waals surface area (Å²) >= 11 is 0. The highest BCUT2D eigenvalue weighted by Gasteiger charge is 2.30. The Balaban J connectivity index is 2.07. The Labute approximate surface area is 148 Å². The van der Waals surface area contributed by atoms with Crippen molar-refractivity contribution in [3.63, 3.8) is 0 Å². The monoisotopic (exact) mass is 348 g/mol. The van der Waals surface area contributed by atoms with Crippen LogP contribution in [0.25, 0.3) is 0 Å². The molecule has 2 atom stereocenters. The number of hydrogen-bond acceptors (Lipinski definition) is 5. The van der Waals surface area contributed by atoms with Crippen molar-refractivity contribution >= 4 is 11.8 Å². The zero-order chi connectivity index (χ0) is 18.4. The number of carbonyl (C=O) groups is 2. The molecule has 1 heterocycles. The smallest absolute Gasteiger partial charge is 0.242 e. The number of benzene rings is 1. The van der Waals surface area contributed by atoms with Crippen LogP contribution >= 0.6 is 0 Å². The lowest BCUT2D eigenvalue weighted by Crippen LogP contribution is -2.53. The number of rotatable bonds is 6. The lowest BCUT2D eigenvalue weighted by Gasteiger charge is -2.37. The average molecular weight is 348 g/mol. The summed E-state index contributed by atoms with van der Waals surface area (Å²) in [5.74, 6) is 0.351. The molecule has 0 bridgehead atoms. The Bertz CT molecular complexity index is 606. The van der Waals surface area contributed by atoms with Gasteiger partial charge in [0.15, 0.2) is 0 Å². The molecule has 1 fully saturated rings. The molecule has 0 aliphatic carbocycles. The van der Waals surface area contributed by atoms with E-state index in [-0.39, 0.29) is 30.3 Å². The van der Waals surface area contributed by atoms with E-state index < -0.39 is 6.04 Å². The molecular weight excluding hydrogens is 320 g/mol. The van der Waals surface area contributed by atoms with Gasteiger partial charge in [-0.05, 0) is 12.0 Å². The summed E-state index contributed by atoms with van der Waals surface area (Å²) in [5, 5.41) is 5.97. The molecule has 2 amide bonds. The van der Waals surface area contributed by atoms with Gasteiger partial charge in [-0.15, -0.1) is 0 Å². The molecule has 138 valence electrons. The second-order valence-electron chi connectivity index (χ2n) is 6.54. The van der Waals surface area contributed by atoms with Gasteiger partial charge in [-0.25, -0.2) is 0 Å². The van der Waals surface area contributed by atoms with E-state index in [0.717, 1.165) is 17.9 Å². The summed E-state index contributed by atoms with van der Waals surface area (Å²) < 4.78 is 5.43. The molecule has 2 rings (SSSR count). The minimum Gasteiger partial charge on any atom is -0.496 e. The number of amides is 2. The van der Waals surface area contributed by atoms with Gasteiger partial charge in [0.25, 0.3) is 0 Å². The van der Waals surface area contributed by atoms with Gasteiger partial charge >= 0.3 is 0 Å². The summed E-state index contributed by atoms with van der Waals surface area (Å²) in [6, 6.07) is 6.94. The third kappa shape index (κ3) is 4.70. The molecule has 0 spiro atoms. The molecule has 1 saturated heterocycles. The van der Waals surface area contributed by atoms with Crippen molar-refractivity contribution in [2.45, 2.75) is 25.9 Å². The maximum Gasteiger partial charge on any atom is 0.242 e. The van der Waals surface area contributed by atoms with Crippen molar-refractivity contribution in [2.75, 3.05) is 33.3 Å². The molecular formula is C18H28N4O3. The summed E-state index contributed by atoms with van der Waals surface area (Å²) in [7, 11) is 1.62. The van der Waals surface area contributed by atoms with Gasteiger partial charge < -0.3 is 26.0 Å². The molecule has 7 nitrogen and oxygen atoms in total. The number of methoxy groups -OCH3 is 1. The standard InChI is InChI=1S/C18H28N4O3/c1-12(2)17(19)18(24)21-11-16(23)22-9-8-20-10-14(22)13-6-4-5-7-15(13)25-3/h4-7,12,14,17,20H,8-11,19H2,1-3H3,(H,21,24)/t14?,17-/m0/s1. The number of hydrogen-bond donors (Lipinski definition) is 3. The van der Waals surface area contributed by atoms with E-state index in [0.29, 0.717) is 13.1 Å². The van der Waals surface area contributed by atoms with Crippen molar-refractivity contribution < 1.29 is 14.3 Å². The maximum atomic E-state index is 12.7. The first kappa shape index (κ1) is 19.2. The van der Waals surface area contributed by atoms with Gasteiger partial charge in [0, 0.05) is 25.2 Å². The lowest BCUT2D eigenvalue weighted by molar-refractivity contribution is -0.136. The van der Waals surface area contributed by atoms with E-state index in [2.05, 4.69) is 10.6 Å². The van der Waals surface area contributed by atoms with Crippen LogP contribution in [-0.2, 0) is 9.59 Å². The molecule has 1 aromatic carbocycles. The van der Waals surface area contributed by atoms with E-state index in [1.807, 2.05) is 38.1 Å². The fourth-order valence-corrected chi connectivity index (χ4v) is 2.91. The van der Waals surface area contributed by atoms with Crippen LogP contribution in [0.15, 0.2) is 24.3 Å². The molecule has 7 heteroatoms. The van der Waals surface area contributed by atoms with Gasteiger partial charge in [0.05, 0.1) is 25.7 Å². The minimum absolute atomic E-state index is 0.0237. The minimum atomic E-state index is -0.610. The molecule has 25 heavy (non-hydrogen) atoms. The largest absolute Gasteiger partial charge is 0.496 e. The number of piperazine rings is 1. The third-order valence-corrected chi connectivity index (χ3v) is 4.50. The molecule has 1 aromatic rings. The number of nitrogens with two attached hydrogens (primary N) is 1. The van der Waals surface area contributed by atoms with Crippen LogP contribution < -0.4 is 21.1 Å². The topological polar surface area (TPSA) is 96.7 Å². The predicted molar refractivity (Wildman–Crippen MR) is 96.1 cm³/mol. The van der Waals surface area contributed by atoms with Crippen LogP contribution in [0, 0.1) is 5.92 Å². The van der Waals surface area contributed by atoms with Crippen LogP contribution in [0.1, 0.15) is 25.5 Å². The average Bonchev–Trinajstić information content (AvgIpc) is 2.64. The zero-order valence-corrected chi connectivity index (χ0v) is 15.1. The highest BCUT2D eigenvalue weighted by molar-refractivity contribution is 5.87. The van der Waals surface area contributed by atoms with Crippen LogP contribution in [-0.4, -0.2) is 56.0 Å². The first-order valence-corrected chi connectivity index (χ1v) is 8.62. The van der Waals surface area contributed by atoms with Crippen molar-refractivity contribution in [1.82, 2.24) is 15.5 Å². The third-order valence-electron chi connectivity index (χ3n) is 4.50. The summed E-state index contributed by atoms with van der Waals surface area (Å²) in [4.78, 5) is 26.5. The van der Waals surface area contributed by atoms with E-state index in [1.54, 1.807) is 12.0 Å². The summed E-state index contributed by atoms with van der Waals surface area (Å²) in [5.41, 5.74) is 6.77. The van der Waals surface area contributed by atoms with Gasteiger partial charge in [-0.1, -0.05) is 32.0 Å². The first-order chi connectivity index (χ1) is 12.0. The number of nitrogens with zero attached hydrogens (tertiary/aromatic N) is 1. The number of carbonyl (C=O) groups excluding carboxylic acids is 2. The molecule has 0 radical (unpaired) electrons. The van der Waals surface area contributed by atoms with Crippen molar-refractivity contribution in [1.29, 1.82) is 0 Å². The maximum absolute atomic E-state index is 12.7. The Kier molecular flexibility index (Phi) is 6.78. The summed E-state index contributed by atoms with van der Waals surface area (Å²) in [6.07, 6.45) is 0. The van der Waals surface area contributed by atoms with Gasteiger partial charge in [0.2, 0.25) is 11.8 Å². The summed E-state index contributed by atoms with van der Waals surface area (Å²) in [6.45, 7) is 5.64. The zero-order valence-electron chi connectivity index (χ0n) is 15.1. The number of nitrogens with one attached hydrogen (secondary N) is 2. The molecule has 1 aliphatic rings. The Morgan fingerprint density at radius 2 is 2.12 bits per heavy atom. The molecule has 1 aliphatic heterocycles. The van der Waals surface area contributed by atoms with Crippen molar-refractivity contribution in [3.05, 3.63) is 29.8 Å². The van der Waals surface area contributed by atoms with Crippen molar-refractivity contribution in [2.24, 2.45) is 11.7 Å². The van der Waals surface area contributed by atoms with E-state index in [1.165, 1.54) is 0 Å².